The summed E-state index contributed by atoms with van der Waals surface area (Å²) in [6.07, 6.45) is 0. The Morgan fingerprint density at radius 1 is 0.875 bits per heavy atom. The molecule has 3 rings (SSSR count). The average molecular weight is 342 g/mol. The summed E-state index contributed by atoms with van der Waals surface area (Å²) in [5, 5.41) is 0.106. The van der Waals surface area contributed by atoms with E-state index in [1.807, 2.05) is 48.5 Å². The van der Waals surface area contributed by atoms with E-state index in [-0.39, 0.29) is 5.02 Å². The molecule has 0 atom stereocenters. The lowest BCUT2D eigenvalue weighted by Gasteiger charge is -2.11. The summed E-state index contributed by atoms with van der Waals surface area (Å²) in [5.41, 5.74) is 9.35. The van der Waals surface area contributed by atoms with Gasteiger partial charge in [-0.1, -0.05) is 48.0 Å². The van der Waals surface area contributed by atoms with Gasteiger partial charge in [0.2, 0.25) is 0 Å². The molecule has 122 valence electrons. The van der Waals surface area contributed by atoms with Crippen molar-refractivity contribution in [2.75, 3.05) is 0 Å². The van der Waals surface area contributed by atoms with Crippen LogP contribution in [0.3, 0.4) is 0 Å². The van der Waals surface area contributed by atoms with E-state index in [4.69, 9.17) is 22.1 Å². The molecule has 3 aromatic rings. The van der Waals surface area contributed by atoms with Crippen LogP contribution in [-0.2, 0) is 13.2 Å². The third-order valence-electron chi connectivity index (χ3n) is 3.70. The molecule has 0 aliphatic rings. The van der Waals surface area contributed by atoms with E-state index >= 15 is 0 Å². The highest BCUT2D eigenvalue weighted by Crippen LogP contribution is 2.29. The number of ether oxygens (including phenoxy) is 1. The number of nitrogens with two attached hydrogens (primary N) is 1. The molecule has 0 saturated carbocycles. The van der Waals surface area contributed by atoms with E-state index in [2.05, 4.69) is 0 Å². The Bertz CT molecular complexity index is 836. The highest BCUT2D eigenvalue weighted by atomic mass is 35.5. The minimum absolute atomic E-state index is 0.106. The lowest BCUT2D eigenvalue weighted by Crippen LogP contribution is -2.00. The number of hydrogen-bond donors (Lipinski definition) is 1. The van der Waals surface area contributed by atoms with Gasteiger partial charge in [0, 0.05) is 6.54 Å². The minimum atomic E-state index is -0.445. The topological polar surface area (TPSA) is 35.2 Å². The highest BCUT2D eigenvalue weighted by Gasteiger charge is 2.07. The van der Waals surface area contributed by atoms with Crippen molar-refractivity contribution in [3.8, 4) is 16.9 Å². The van der Waals surface area contributed by atoms with Gasteiger partial charge >= 0.3 is 0 Å². The maximum atomic E-state index is 13.7. The van der Waals surface area contributed by atoms with E-state index < -0.39 is 5.82 Å². The third kappa shape index (κ3) is 3.94. The molecule has 0 unspecified atom stereocenters. The van der Waals surface area contributed by atoms with E-state index in [0.717, 1.165) is 22.3 Å². The summed E-state index contributed by atoms with van der Waals surface area (Å²) in [7, 11) is 0. The third-order valence-corrected chi connectivity index (χ3v) is 4.01. The summed E-state index contributed by atoms with van der Waals surface area (Å²) in [5.74, 6) is 0.256. The fourth-order valence-corrected chi connectivity index (χ4v) is 2.56. The molecule has 0 bridgehead atoms. The first kappa shape index (κ1) is 16.5. The van der Waals surface area contributed by atoms with E-state index in [1.165, 1.54) is 6.07 Å². The Morgan fingerprint density at radius 2 is 1.67 bits per heavy atom. The summed E-state index contributed by atoms with van der Waals surface area (Å²) >= 11 is 5.76. The number of benzene rings is 3. The Kier molecular flexibility index (Phi) is 5.14. The Hall–Kier alpha value is -2.36. The Balaban J connectivity index is 1.88. The summed E-state index contributed by atoms with van der Waals surface area (Å²) in [4.78, 5) is 0. The molecule has 4 heteroatoms. The molecule has 0 spiro atoms. The van der Waals surface area contributed by atoms with Crippen molar-refractivity contribution in [1.29, 1.82) is 0 Å². The van der Waals surface area contributed by atoms with Gasteiger partial charge in [0.25, 0.3) is 0 Å². The molecular weight excluding hydrogens is 325 g/mol. The zero-order valence-electron chi connectivity index (χ0n) is 13.0. The maximum absolute atomic E-state index is 13.7. The molecule has 0 saturated heterocycles. The molecule has 0 heterocycles. The van der Waals surface area contributed by atoms with Crippen molar-refractivity contribution in [1.82, 2.24) is 0 Å². The van der Waals surface area contributed by atoms with Crippen molar-refractivity contribution in [2.45, 2.75) is 13.2 Å². The van der Waals surface area contributed by atoms with Crippen molar-refractivity contribution in [2.24, 2.45) is 5.73 Å². The smallest absolute Gasteiger partial charge is 0.142 e. The number of rotatable bonds is 5. The fourth-order valence-electron chi connectivity index (χ4n) is 2.45. The van der Waals surface area contributed by atoms with E-state index in [0.29, 0.717) is 18.9 Å². The first-order valence-corrected chi connectivity index (χ1v) is 7.99. The standard InChI is InChI=1S/C20H17ClFNO/c21-19-7-6-16(11-20(19)22)17-8-15(12-23)9-18(10-17)24-13-14-4-2-1-3-5-14/h1-11H,12-13,23H2. The second kappa shape index (κ2) is 7.47. The largest absolute Gasteiger partial charge is 0.489 e. The van der Waals surface area contributed by atoms with Gasteiger partial charge < -0.3 is 10.5 Å². The molecule has 2 N–H and O–H groups in total. The van der Waals surface area contributed by atoms with Gasteiger partial charge in [-0.25, -0.2) is 4.39 Å². The molecule has 0 aliphatic carbocycles. The quantitative estimate of drug-likeness (QED) is 0.693. The predicted octanol–water partition coefficient (Wildman–Crippen LogP) is 5.18. The second-order valence-corrected chi connectivity index (χ2v) is 5.88. The van der Waals surface area contributed by atoms with Gasteiger partial charge in [0.15, 0.2) is 0 Å². The summed E-state index contributed by atoms with van der Waals surface area (Å²) in [6, 6.07) is 20.4. The Labute approximate surface area is 145 Å². The highest BCUT2D eigenvalue weighted by molar-refractivity contribution is 6.30. The molecule has 3 aromatic carbocycles. The van der Waals surface area contributed by atoms with Gasteiger partial charge in [-0.05, 0) is 52.6 Å². The lowest BCUT2D eigenvalue weighted by molar-refractivity contribution is 0.306. The van der Waals surface area contributed by atoms with Crippen molar-refractivity contribution < 1.29 is 9.13 Å². The lowest BCUT2D eigenvalue weighted by atomic mass is 10.0. The van der Waals surface area contributed by atoms with Gasteiger partial charge in [0.1, 0.15) is 18.2 Å². The molecule has 24 heavy (non-hydrogen) atoms. The second-order valence-electron chi connectivity index (χ2n) is 5.47. The minimum Gasteiger partial charge on any atom is -0.489 e. The van der Waals surface area contributed by atoms with Crippen LogP contribution >= 0.6 is 11.6 Å². The SMILES string of the molecule is NCc1cc(OCc2ccccc2)cc(-c2ccc(Cl)c(F)c2)c1. The molecule has 0 fully saturated rings. The summed E-state index contributed by atoms with van der Waals surface area (Å²) in [6.45, 7) is 0.842. The van der Waals surface area contributed by atoms with Gasteiger partial charge in [0.05, 0.1) is 5.02 Å². The fraction of sp³-hybridized carbons (Fsp3) is 0.100. The predicted molar refractivity (Wildman–Crippen MR) is 95.5 cm³/mol. The van der Waals surface area contributed by atoms with Crippen LogP contribution in [0, 0.1) is 5.82 Å². The molecule has 0 radical (unpaired) electrons. The molecule has 2 nitrogen and oxygen atoms in total. The first-order valence-electron chi connectivity index (χ1n) is 7.62. The van der Waals surface area contributed by atoms with E-state index in [1.54, 1.807) is 12.1 Å². The van der Waals surface area contributed by atoms with Crippen LogP contribution in [0.15, 0.2) is 66.7 Å². The summed E-state index contributed by atoms with van der Waals surface area (Å²) < 4.78 is 19.6. The molecule has 0 aliphatic heterocycles. The zero-order chi connectivity index (χ0) is 16.9. The van der Waals surface area contributed by atoms with Crippen LogP contribution in [0.1, 0.15) is 11.1 Å². The number of halogens is 2. The van der Waals surface area contributed by atoms with Gasteiger partial charge in [-0.15, -0.1) is 0 Å². The van der Waals surface area contributed by atoms with Crippen molar-refractivity contribution >= 4 is 11.6 Å². The van der Waals surface area contributed by atoms with Crippen LogP contribution in [-0.4, -0.2) is 0 Å². The number of hydrogen-bond acceptors (Lipinski definition) is 2. The van der Waals surface area contributed by atoms with Crippen molar-refractivity contribution in [3.05, 3.63) is 88.7 Å². The van der Waals surface area contributed by atoms with Crippen LogP contribution in [0.4, 0.5) is 4.39 Å². The molecule has 0 aromatic heterocycles. The zero-order valence-corrected chi connectivity index (χ0v) is 13.8. The normalized spacial score (nSPS) is 10.6. The molecular formula is C20H17ClFNO. The van der Waals surface area contributed by atoms with Crippen LogP contribution in [0.25, 0.3) is 11.1 Å². The van der Waals surface area contributed by atoms with Crippen LogP contribution in [0.5, 0.6) is 5.75 Å². The average Bonchev–Trinajstić information content (AvgIpc) is 2.63. The Morgan fingerprint density at radius 3 is 2.38 bits per heavy atom. The first-order chi connectivity index (χ1) is 11.7. The van der Waals surface area contributed by atoms with Crippen LogP contribution in [0.2, 0.25) is 5.02 Å². The van der Waals surface area contributed by atoms with E-state index in [9.17, 15) is 4.39 Å². The van der Waals surface area contributed by atoms with Crippen LogP contribution < -0.4 is 10.5 Å². The maximum Gasteiger partial charge on any atom is 0.142 e. The van der Waals surface area contributed by atoms with Gasteiger partial charge in [-0.2, -0.15) is 0 Å². The van der Waals surface area contributed by atoms with Crippen molar-refractivity contribution in [3.63, 3.8) is 0 Å². The molecule has 0 amide bonds. The van der Waals surface area contributed by atoms with Gasteiger partial charge in [-0.3, -0.25) is 0 Å². The monoisotopic (exact) mass is 341 g/mol.